The highest BCUT2D eigenvalue weighted by atomic mass is 19.4. The maximum Gasteiger partial charge on any atom is 0.422 e. The molecule has 1 heterocycles. The molecule has 1 aromatic rings. The van der Waals surface area contributed by atoms with Gasteiger partial charge in [-0.15, -0.1) is 0 Å². The normalized spacial score (nSPS) is 19.5. The van der Waals surface area contributed by atoms with Gasteiger partial charge >= 0.3 is 6.18 Å². The van der Waals surface area contributed by atoms with Crippen LogP contribution in [0.5, 0.6) is 5.75 Å². The van der Waals surface area contributed by atoms with Crippen LogP contribution >= 0.6 is 0 Å². The molecule has 0 aliphatic carbocycles. The fourth-order valence-electron chi connectivity index (χ4n) is 2.54. The molecule has 0 unspecified atom stereocenters. The number of alkyl halides is 3. The van der Waals surface area contributed by atoms with E-state index >= 15 is 0 Å². The standard InChI is InChI=1S/C15H21F3N2O/c1-14(2)10-20(7-6-19-14)9-12-4-3-5-13(8-12)21-11-15(16,17)18/h3-5,8,19H,6-7,9-11H2,1-2H3. The van der Waals surface area contributed by atoms with Crippen molar-refractivity contribution >= 4 is 0 Å². The molecule has 3 nitrogen and oxygen atoms in total. The molecule has 0 amide bonds. The van der Waals surface area contributed by atoms with Crippen molar-refractivity contribution in [2.45, 2.75) is 32.1 Å². The summed E-state index contributed by atoms with van der Waals surface area (Å²) in [5.74, 6) is 0.263. The number of hydrogen-bond acceptors (Lipinski definition) is 3. The second-order valence-electron chi connectivity index (χ2n) is 6.07. The van der Waals surface area contributed by atoms with Gasteiger partial charge in [-0.1, -0.05) is 12.1 Å². The van der Waals surface area contributed by atoms with Crippen molar-refractivity contribution in [1.82, 2.24) is 10.2 Å². The van der Waals surface area contributed by atoms with Crippen molar-refractivity contribution in [1.29, 1.82) is 0 Å². The van der Waals surface area contributed by atoms with E-state index in [-0.39, 0.29) is 11.3 Å². The number of halogens is 3. The van der Waals surface area contributed by atoms with Gasteiger partial charge in [0.25, 0.3) is 0 Å². The van der Waals surface area contributed by atoms with Crippen LogP contribution in [0.15, 0.2) is 24.3 Å². The molecule has 6 heteroatoms. The first-order chi connectivity index (χ1) is 9.73. The largest absolute Gasteiger partial charge is 0.484 e. The van der Waals surface area contributed by atoms with Gasteiger partial charge in [0.05, 0.1) is 0 Å². The fourth-order valence-corrected chi connectivity index (χ4v) is 2.54. The Balaban J connectivity index is 1.94. The van der Waals surface area contributed by atoms with Gasteiger partial charge in [-0.05, 0) is 31.5 Å². The van der Waals surface area contributed by atoms with Crippen molar-refractivity contribution in [3.05, 3.63) is 29.8 Å². The third kappa shape index (κ3) is 5.55. The molecule has 118 valence electrons. The van der Waals surface area contributed by atoms with Crippen LogP contribution in [0.1, 0.15) is 19.4 Å². The Morgan fingerprint density at radius 2 is 2.10 bits per heavy atom. The van der Waals surface area contributed by atoms with Crippen molar-refractivity contribution in [3.8, 4) is 5.75 Å². The summed E-state index contributed by atoms with van der Waals surface area (Å²) in [7, 11) is 0. The maximum absolute atomic E-state index is 12.2. The van der Waals surface area contributed by atoms with Crippen molar-refractivity contribution in [3.63, 3.8) is 0 Å². The predicted molar refractivity (Wildman–Crippen MR) is 75.4 cm³/mol. The summed E-state index contributed by atoms with van der Waals surface area (Å²) in [5.41, 5.74) is 1.02. The Morgan fingerprint density at radius 1 is 1.33 bits per heavy atom. The van der Waals surface area contributed by atoms with Crippen molar-refractivity contribution in [2.75, 3.05) is 26.2 Å². The van der Waals surface area contributed by atoms with Gasteiger partial charge < -0.3 is 10.1 Å². The number of piperazine rings is 1. The van der Waals surface area contributed by atoms with E-state index < -0.39 is 12.8 Å². The van der Waals surface area contributed by atoms with E-state index in [1.54, 1.807) is 18.2 Å². The topological polar surface area (TPSA) is 24.5 Å². The Bertz CT molecular complexity index is 474. The molecule has 0 radical (unpaired) electrons. The van der Waals surface area contributed by atoms with Gasteiger partial charge in [0.15, 0.2) is 6.61 Å². The molecule has 1 aliphatic heterocycles. The molecule has 1 saturated heterocycles. The molecule has 2 rings (SSSR count). The van der Waals surface area contributed by atoms with E-state index in [9.17, 15) is 13.2 Å². The molecule has 1 aromatic carbocycles. The van der Waals surface area contributed by atoms with Crippen LogP contribution < -0.4 is 10.1 Å². The minimum absolute atomic E-state index is 0.0582. The summed E-state index contributed by atoms with van der Waals surface area (Å²) < 4.78 is 41.3. The molecule has 21 heavy (non-hydrogen) atoms. The highest BCUT2D eigenvalue weighted by Gasteiger charge is 2.28. The SMILES string of the molecule is CC1(C)CN(Cc2cccc(OCC(F)(F)F)c2)CCN1. The Morgan fingerprint density at radius 3 is 2.76 bits per heavy atom. The average Bonchev–Trinajstić information content (AvgIpc) is 2.35. The van der Waals surface area contributed by atoms with E-state index in [0.29, 0.717) is 6.54 Å². The van der Waals surface area contributed by atoms with Gasteiger partial charge in [-0.25, -0.2) is 0 Å². The summed E-state index contributed by atoms with van der Waals surface area (Å²) in [4.78, 5) is 2.29. The Kier molecular flexibility index (Phi) is 4.78. The lowest BCUT2D eigenvalue weighted by Gasteiger charge is -2.39. The summed E-state index contributed by atoms with van der Waals surface area (Å²) in [5, 5.41) is 3.43. The lowest BCUT2D eigenvalue weighted by atomic mass is 10.0. The van der Waals surface area contributed by atoms with Gasteiger partial charge in [0, 0.05) is 31.7 Å². The van der Waals surface area contributed by atoms with Crippen LogP contribution in [0, 0.1) is 0 Å². The van der Waals surface area contributed by atoms with Gasteiger partial charge in [-0.3, -0.25) is 4.90 Å². The van der Waals surface area contributed by atoms with E-state index in [4.69, 9.17) is 4.74 Å². The summed E-state index contributed by atoms with van der Waals surface area (Å²) in [6.07, 6.45) is -4.31. The quantitative estimate of drug-likeness (QED) is 0.925. The molecule has 1 fully saturated rings. The van der Waals surface area contributed by atoms with E-state index in [0.717, 1.165) is 25.2 Å². The minimum atomic E-state index is -4.31. The number of ether oxygens (including phenoxy) is 1. The van der Waals surface area contributed by atoms with Crippen LogP contribution in [0.4, 0.5) is 13.2 Å². The zero-order valence-electron chi connectivity index (χ0n) is 12.3. The second-order valence-corrected chi connectivity index (χ2v) is 6.07. The highest BCUT2D eigenvalue weighted by Crippen LogP contribution is 2.21. The molecule has 1 N–H and O–H groups in total. The Hall–Kier alpha value is -1.27. The summed E-state index contributed by atoms with van der Waals surface area (Å²) in [6.45, 7) is 6.49. The first-order valence-electron chi connectivity index (χ1n) is 6.99. The van der Waals surface area contributed by atoms with Gasteiger partial charge in [0.1, 0.15) is 5.75 Å². The van der Waals surface area contributed by atoms with Crippen LogP contribution in [-0.2, 0) is 6.54 Å². The zero-order chi connectivity index (χ0) is 15.5. The number of benzene rings is 1. The molecular weight excluding hydrogens is 281 g/mol. The second kappa shape index (κ2) is 6.23. The lowest BCUT2D eigenvalue weighted by molar-refractivity contribution is -0.153. The van der Waals surface area contributed by atoms with E-state index in [1.807, 2.05) is 6.07 Å². The van der Waals surface area contributed by atoms with Crippen LogP contribution in [-0.4, -0.2) is 42.9 Å². The van der Waals surface area contributed by atoms with Crippen LogP contribution in [0.3, 0.4) is 0 Å². The van der Waals surface area contributed by atoms with E-state index in [2.05, 4.69) is 24.1 Å². The maximum atomic E-state index is 12.2. The third-order valence-electron chi connectivity index (χ3n) is 3.36. The Labute approximate surface area is 123 Å². The molecule has 0 aromatic heterocycles. The van der Waals surface area contributed by atoms with Crippen LogP contribution in [0.25, 0.3) is 0 Å². The molecule has 0 saturated carbocycles. The molecule has 0 bridgehead atoms. The van der Waals surface area contributed by atoms with Gasteiger partial charge in [0.2, 0.25) is 0 Å². The highest BCUT2D eigenvalue weighted by molar-refractivity contribution is 5.28. The first-order valence-corrected chi connectivity index (χ1v) is 6.99. The molecule has 1 aliphatic rings. The first kappa shape index (κ1) is 16.1. The number of nitrogens with zero attached hydrogens (tertiary/aromatic N) is 1. The van der Waals surface area contributed by atoms with Crippen molar-refractivity contribution in [2.24, 2.45) is 0 Å². The number of hydrogen-bond donors (Lipinski definition) is 1. The lowest BCUT2D eigenvalue weighted by Crippen LogP contribution is -2.56. The third-order valence-corrected chi connectivity index (χ3v) is 3.36. The van der Waals surface area contributed by atoms with Crippen molar-refractivity contribution < 1.29 is 17.9 Å². The average molecular weight is 302 g/mol. The molecule has 0 atom stereocenters. The fraction of sp³-hybridized carbons (Fsp3) is 0.600. The number of nitrogens with one attached hydrogen (secondary N) is 1. The smallest absolute Gasteiger partial charge is 0.422 e. The predicted octanol–water partition coefficient (Wildman–Crippen LogP) is 2.81. The summed E-state index contributed by atoms with van der Waals surface area (Å²) in [6, 6.07) is 6.88. The van der Waals surface area contributed by atoms with E-state index in [1.165, 1.54) is 0 Å². The number of rotatable bonds is 4. The monoisotopic (exact) mass is 302 g/mol. The van der Waals surface area contributed by atoms with Crippen LogP contribution in [0.2, 0.25) is 0 Å². The molecular formula is C15H21F3N2O. The minimum Gasteiger partial charge on any atom is -0.484 e. The van der Waals surface area contributed by atoms with Gasteiger partial charge in [-0.2, -0.15) is 13.2 Å². The molecule has 0 spiro atoms. The zero-order valence-corrected chi connectivity index (χ0v) is 12.3. The summed E-state index contributed by atoms with van der Waals surface area (Å²) >= 11 is 0.